The molecule has 0 radical (unpaired) electrons. The Morgan fingerprint density at radius 2 is 1.67 bits per heavy atom. The fourth-order valence-corrected chi connectivity index (χ4v) is 2.11. The van der Waals surface area contributed by atoms with Gasteiger partial charge in [-0.05, 0) is 25.0 Å². The number of hydrogen-bond donors (Lipinski definition) is 2. The van der Waals surface area contributed by atoms with E-state index < -0.39 is 0 Å². The molecule has 110 valence electrons. The van der Waals surface area contributed by atoms with Gasteiger partial charge >= 0.3 is 0 Å². The lowest BCUT2D eigenvalue weighted by Gasteiger charge is -2.08. The molecule has 0 aliphatic heterocycles. The van der Waals surface area contributed by atoms with Crippen molar-refractivity contribution in [2.24, 2.45) is 0 Å². The molecule has 3 nitrogen and oxygen atoms in total. The Morgan fingerprint density at radius 3 is 2.38 bits per heavy atom. The van der Waals surface area contributed by atoms with Crippen LogP contribution in [0.1, 0.15) is 22.3 Å². The number of carbonyl (C=O) groups is 1. The highest BCUT2D eigenvalue weighted by atomic mass is 16.1. The van der Waals surface area contributed by atoms with Crippen LogP contribution in [0.15, 0.2) is 48.5 Å². The zero-order valence-electron chi connectivity index (χ0n) is 12.6. The Morgan fingerprint density at radius 1 is 0.905 bits per heavy atom. The van der Waals surface area contributed by atoms with Crippen molar-refractivity contribution in [2.45, 2.75) is 26.9 Å². The summed E-state index contributed by atoms with van der Waals surface area (Å²) in [5.41, 5.74) is 4.77. The maximum atomic E-state index is 11.8. The predicted molar refractivity (Wildman–Crippen MR) is 85.9 cm³/mol. The highest BCUT2D eigenvalue weighted by molar-refractivity contribution is 5.77. The van der Waals surface area contributed by atoms with E-state index in [1.807, 2.05) is 12.1 Å². The van der Waals surface area contributed by atoms with E-state index in [-0.39, 0.29) is 5.91 Å². The van der Waals surface area contributed by atoms with E-state index in [0.29, 0.717) is 19.6 Å². The zero-order valence-corrected chi connectivity index (χ0v) is 12.6. The van der Waals surface area contributed by atoms with E-state index in [4.69, 9.17) is 0 Å². The molecule has 0 spiro atoms. The second kappa shape index (κ2) is 7.60. The van der Waals surface area contributed by atoms with Crippen LogP contribution in [0.4, 0.5) is 0 Å². The molecule has 1 amide bonds. The van der Waals surface area contributed by atoms with E-state index in [1.54, 1.807) is 0 Å². The first-order valence-electron chi connectivity index (χ1n) is 7.22. The number of nitrogens with one attached hydrogen (secondary N) is 2. The molecule has 2 rings (SSSR count). The van der Waals surface area contributed by atoms with E-state index in [1.165, 1.54) is 16.7 Å². The Labute approximate surface area is 126 Å². The molecule has 3 heteroatoms. The molecule has 0 unspecified atom stereocenters. The molecule has 0 aliphatic rings. The summed E-state index contributed by atoms with van der Waals surface area (Å²) in [4.78, 5) is 11.8. The maximum absolute atomic E-state index is 11.8. The third-order valence-corrected chi connectivity index (χ3v) is 3.31. The third-order valence-electron chi connectivity index (χ3n) is 3.31. The van der Waals surface area contributed by atoms with Gasteiger partial charge in [0.2, 0.25) is 5.91 Å². The molecule has 0 heterocycles. The third kappa shape index (κ3) is 5.40. The molecule has 21 heavy (non-hydrogen) atoms. The second-order valence-electron chi connectivity index (χ2n) is 5.35. The summed E-state index contributed by atoms with van der Waals surface area (Å²) < 4.78 is 0. The first kappa shape index (κ1) is 15.3. The minimum atomic E-state index is 0.0172. The van der Waals surface area contributed by atoms with Crippen molar-refractivity contribution in [3.05, 3.63) is 70.8 Å². The summed E-state index contributed by atoms with van der Waals surface area (Å²) in [5, 5.41) is 6.08. The SMILES string of the molecule is Cc1ccc(CNCC(=O)NCc2cccc(C)c2)cc1. The van der Waals surface area contributed by atoms with Crippen molar-refractivity contribution in [3.63, 3.8) is 0 Å². The van der Waals surface area contributed by atoms with E-state index in [2.05, 4.69) is 60.9 Å². The van der Waals surface area contributed by atoms with Crippen molar-refractivity contribution < 1.29 is 4.79 Å². The largest absolute Gasteiger partial charge is 0.351 e. The van der Waals surface area contributed by atoms with Crippen LogP contribution in [0.2, 0.25) is 0 Å². The minimum Gasteiger partial charge on any atom is -0.351 e. The Bertz CT molecular complexity index is 590. The van der Waals surface area contributed by atoms with Gasteiger partial charge in [0.1, 0.15) is 0 Å². The lowest BCUT2D eigenvalue weighted by molar-refractivity contribution is -0.120. The highest BCUT2D eigenvalue weighted by Gasteiger charge is 2.01. The van der Waals surface area contributed by atoms with Crippen LogP contribution in [-0.4, -0.2) is 12.5 Å². The molecular weight excluding hydrogens is 260 g/mol. The molecule has 0 saturated heterocycles. The van der Waals surface area contributed by atoms with Crippen molar-refractivity contribution in [1.82, 2.24) is 10.6 Å². The van der Waals surface area contributed by atoms with Crippen LogP contribution < -0.4 is 10.6 Å². The smallest absolute Gasteiger partial charge is 0.234 e. The topological polar surface area (TPSA) is 41.1 Å². The molecule has 0 aromatic heterocycles. The van der Waals surface area contributed by atoms with Crippen molar-refractivity contribution >= 4 is 5.91 Å². The van der Waals surface area contributed by atoms with Crippen LogP contribution in [0.5, 0.6) is 0 Å². The van der Waals surface area contributed by atoms with Gasteiger partial charge in [-0.3, -0.25) is 4.79 Å². The Balaban J connectivity index is 1.69. The molecule has 2 N–H and O–H groups in total. The van der Waals surface area contributed by atoms with Crippen LogP contribution in [0.25, 0.3) is 0 Å². The molecule has 0 fully saturated rings. The number of hydrogen-bond acceptors (Lipinski definition) is 2. The van der Waals surface area contributed by atoms with Gasteiger partial charge in [0.15, 0.2) is 0 Å². The number of benzene rings is 2. The van der Waals surface area contributed by atoms with Crippen molar-refractivity contribution in [2.75, 3.05) is 6.54 Å². The maximum Gasteiger partial charge on any atom is 0.234 e. The van der Waals surface area contributed by atoms with Gasteiger partial charge in [-0.15, -0.1) is 0 Å². The average molecular weight is 282 g/mol. The highest BCUT2D eigenvalue weighted by Crippen LogP contribution is 2.03. The van der Waals surface area contributed by atoms with Gasteiger partial charge in [0, 0.05) is 13.1 Å². The summed E-state index contributed by atoms with van der Waals surface area (Å²) in [7, 11) is 0. The quantitative estimate of drug-likeness (QED) is 0.855. The van der Waals surface area contributed by atoms with Gasteiger partial charge in [0.05, 0.1) is 6.54 Å². The van der Waals surface area contributed by atoms with Gasteiger partial charge in [-0.25, -0.2) is 0 Å². The first-order valence-corrected chi connectivity index (χ1v) is 7.22. The molecule has 0 bridgehead atoms. The van der Waals surface area contributed by atoms with Crippen molar-refractivity contribution in [3.8, 4) is 0 Å². The molecule has 0 atom stereocenters. The van der Waals surface area contributed by atoms with Crippen LogP contribution in [0, 0.1) is 13.8 Å². The van der Waals surface area contributed by atoms with Crippen LogP contribution in [-0.2, 0) is 17.9 Å². The molecular formula is C18H22N2O. The Hall–Kier alpha value is -2.13. The van der Waals surface area contributed by atoms with Gasteiger partial charge in [-0.2, -0.15) is 0 Å². The van der Waals surface area contributed by atoms with Gasteiger partial charge in [-0.1, -0.05) is 59.7 Å². The van der Waals surface area contributed by atoms with E-state index in [9.17, 15) is 4.79 Å². The van der Waals surface area contributed by atoms with Gasteiger partial charge in [0.25, 0.3) is 0 Å². The standard InChI is InChI=1S/C18H22N2O/c1-14-6-8-16(9-7-14)11-19-13-18(21)20-12-17-5-3-4-15(2)10-17/h3-10,19H,11-13H2,1-2H3,(H,20,21). The Kier molecular flexibility index (Phi) is 5.52. The normalized spacial score (nSPS) is 10.4. The monoisotopic (exact) mass is 282 g/mol. The predicted octanol–water partition coefficient (Wildman–Crippen LogP) is 2.71. The van der Waals surface area contributed by atoms with Crippen LogP contribution in [0.3, 0.4) is 0 Å². The molecule has 0 saturated carbocycles. The first-order chi connectivity index (χ1) is 10.1. The van der Waals surface area contributed by atoms with E-state index >= 15 is 0 Å². The number of carbonyl (C=O) groups excluding carboxylic acids is 1. The summed E-state index contributed by atoms with van der Waals surface area (Å²) in [5.74, 6) is 0.0172. The van der Waals surface area contributed by atoms with Gasteiger partial charge < -0.3 is 10.6 Å². The number of amides is 1. The zero-order chi connectivity index (χ0) is 15.1. The van der Waals surface area contributed by atoms with E-state index in [0.717, 1.165) is 5.56 Å². The lowest BCUT2D eigenvalue weighted by atomic mass is 10.1. The minimum absolute atomic E-state index is 0.0172. The summed E-state index contributed by atoms with van der Waals surface area (Å²) in [6, 6.07) is 16.5. The summed E-state index contributed by atoms with van der Waals surface area (Å²) in [6.07, 6.45) is 0. The molecule has 2 aromatic rings. The average Bonchev–Trinajstić information content (AvgIpc) is 2.47. The summed E-state index contributed by atoms with van der Waals surface area (Å²) >= 11 is 0. The fourth-order valence-electron chi connectivity index (χ4n) is 2.11. The van der Waals surface area contributed by atoms with Crippen molar-refractivity contribution in [1.29, 1.82) is 0 Å². The number of rotatable bonds is 6. The summed E-state index contributed by atoms with van der Waals surface area (Å²) in [6.45, 7) is 5.73. The fraction of sp³-hybridized carbons (Fsp3) is 0.278. The molecule has 2 aromatic carbocycles. The molecule has 0 aliphatic carbocycles. The van der Waals surface area contributed by atoms with Crippen LogP contribution >= 0.6 is 0 Å². The second-order valence-corrected chi connectivity index (χ2v) is 5.35. The number of aryl methyl sites for hydroxylation is 2. The lowest BCUT2D eigenvalue weighted by Crippen LogP contribution is -2.33.